The number of carbonyl (C=O) groups excluding carboxylic acids is 2. The van der Waals surface area contributed by atoms with Gasteiger partial charge in [-0.15, -0.1) is 0 Å². The summed E-state index contributed by atoms with van der Waals surface area (Å²) in [5, 5.41) is 2.76. The van der Waals surface area contributed by atoms with Gasteiger partial charge in [-0.1, -0.05) is 12.1 Å². The molecule has 5 nitrogen and oxygen atoms in total. The highest BCUT2D eigenvalue weighted by Crippen LogP contribution is 2.31. The van der Waals surface area contributed by atoms with Crippen LogP contribution in [0.25, 0.3) is 0 Å². The Balaban J connectivity index is 2.04. The summed E-state index contributed by atoms with van der Waals surface area (Å²) >= 11 is 0. The van der Waals surface area contributed by atoms with Gasteiger partial charge >= 0.3 is 0 Å². The topological polar surface area (TPSA) is 75.4 Å². The van der Waals surface area contributed by atoms with Crippen LogP contribution in [-0.4, -0.2) is 29.8 Å². The molecule has 21 heavy (non-hydrogen) atoms. The molecule has 1 aliphatic carbocycles. The first-order chi connectivity index (χ1) is 10.1. The molecular weight excluding hydrogens is 266 g/mol. The van der Waals surface area contributed by atoms with Crippen molar-refractivity contribution in [2.75, 3.05) is 18.4 Å². The third-order valence-corrected chi connectivity index (χ3v) is 3.49. The normalized spacial score (nSPS) is 13.8. The van der Waals surface area contributed by atoms with E-state index in [1.165, 1.54) is 6.92 Å². The Kier molecular flexibility index (Phi) is 5.33. The number of amides is 2. The van der Waals surface area contributed by atoms with E-state index in [1.54, 1.807) is 0 Å². The van der Waals surface area contributed by atoms with Gasteiger partial charge in [0.25, 0.3) is 0 Å². The highest BCUT2D eigenvalue weighted by Gasteiger charge is 2.33. The lowest BCUT2D eigenvalue weighted by Crippen LogP contribution is -2.33. The number of nitrogens with zero attached hydrogens (tertiary/aromatic N) is 1. The second-order valence-corrected chi connectivity index (χ2v) is 5.56. The van der Waals surface area contributed by atoms with E-state index in [0.29, 0.717) is 19.6 Å². The number of hydrogen-bond donors (Lipinski definition) is 2. The van der Waals surface area contributed by atoms with Crippen LogP contribution in [0.5, 0.6) is 0 Å². The Hall–Kier alpha value is -1.88. The Morgan fingerprint density at radius 1 is 1.38 bits per heavy atom. The van der Waals surface area contributed by atoms with E-state index in [-0.39, 0.29) is 17.7 Å². The summed E-state index contributed by atoms with van der Waals surface area (Å²) in [5.74, 6) is 0.343. The van der Waals surface area contributed by atoms with E-state index >= 15 is 0 Å². The zero-order valence-electron chi connectivity index (χ0n) is 12.5. The lowest BCUT2D eigenvalue weighted by Gasteiger charge is -2.23. The van der Waals surface area contributed by atoms with Gasteiger partial charge in [0.15, 0.2) is 0 Å². The Morgan fingerprint density at radius 2 is 2.14 bits per heavy atom. The molecule has 0 spiro atoms. The molecule has 1 fully saturated rings. The van der Waals surface area contributed by atoms with Crippen molar-refractivity contribution < 1.29 is 9.59 Å². The molecule has 0 aliphatic heterocycles. The number of rotatable bonds is 7. The van der Waals surface area contributed by atoms with E-state index in [4.69, 9.17) is 5.73 Å². The third-order valence-electron chi connectivity index (χ3n) is 3.49. The van der Waals surface area contributed by atoms with Crippen LogP contribution in [-0.2, 0) is 16.1 Å². The first-order valence-electron chi connectivity index (χ1n) is 7.45. The van der Waals surface area contributed by atoms with Gasteiger partial charge in [-0.25, -0.2) is 0 Å². The molecule has 2 rings (SSSR count). The molecule has 0 heterocycles. The molecule has 0 atom stereocenters. The Labute approximate surface area is 125 Å². The average Bonchev–Trinajstić information content (AvgIpc) is 3.27. The zero-order valence-corrected chi connectivity index (χ0v) is 12.5. The van der Waals surface area contributed by atoms with E-state index in [0.717, 1.165) is 30.5 Å². The van der Waals surface area contributed by atoms with Crippen molar-refractivity contribution in [3.8, 4) is 0 Å². The van der Waals surface area contributed by atoms with Crippen molar-refractivity contribution in [3.05, 3.63) is 29.8 Å². The minimum absolute atomic E-state index is 0.0961. The summed E-state index contributed by atoms with van der Waals surface area (Å²) in [4.78, 5) is 25.3. The Bertz CT molecular complexity index is 512. The van der Waals surface area contributed by atoms with Gasteiger partial charge in [-0.3, -0.25) is 9.59 Å². The maximum absolute atomic E-state index is 12.3. The summed E-state index contributed by atoms with van der Waals surface area (Å²) < 4.78 is 0. The minimum atomic E-state index is -0.0961. The van der Waals surface area contributed by atoms with Crippen molar-refractivity contribution in [3.63, 3.8) is 0 Å². The zero-order chi connectivity index (χ0) is 15.2. The van der Waals surface area contributed by atoms with Gasteiger partial charge in [-0.2, -0.15) is 0 Å². The molecule has 3 N–H and O–H groups in total. The van der Waals surface area contributed by atoms with Crippen LogP contribution in [0, 0.1) is 5.92 Å². The van der Waals surface area contributed by atoms with Crippen LogP contribution in [0.4, 0.5) is 5.69 Å². The van der Waals surface area contributed by atoms with E-state index in [9.17, 15) is 9.59 Å². The highest BCUT2D eigenvalue weighted by molar-refractivity contribution is 5.88. The van der Waals surface area contributed by atoms with Gasteiger partial charge in [0.1, 0.15) is 0 Å². The highest BCUT2D eigenvalue weighted by atomic mass is 16.2. The number of anilines is 1. The predicted molar refractivity (Wildman–Crippen MR) is 82.6 cm³/mol. The molecule has 0 saturated heterocycles. The second-order valence-electron chi connectivity index (χ2n) is 5.56. The van der Waals surface area contributed by atoms with Crippen molar-refractivity contribution in [1.82, 2.24) is 4.90 Å². The molecule has 1 aromatic carbocycles. The van der Waals surface area contributed by atoms with Crippen molar-refractivity contribution in [2.24, 2.45) is 11.7 Å². The lowest BCUT2D eigenvalue weighted by atomic mass is 10.1. The minimum Gasteiger partial charge on any atom is -0.338 e. The smallest absolute Gasteiger partial charge is 0.225 e. The molecule has 114 valence electrons. The quantitative estimate of drug-likeness (QED) is 0.802. The molecule has 5 heteroatoms. The van der Waals surface area contributed by atoms with Crippen LogP contribution in [0.2, 0.25) is 0 Å². The van der Waals surface area contributed by atoms with E-state index in [2.05, 4.69) is 5.32 Å². The number of carbonyl (C=O) groups is 2. The molecule has 1 saturated carbocycles. The van der Waals surface area contributed by atoms with Crippen LogP contribution in [0.3, 0.4) is 0 Å². The molecule has 2 amide bonds. The summed E-state index contributed by atoms with van der Waals surface area (Å²) in [6.07, 6.45) is 2.82. The van der Waals surface area contributed by atoms with Crippen LogP contribution in [0.15, 0.2) is 24.3 Å². The van der Waals surface area contributed by atoms with Crippen molar-refractivity contribution in [1.29, 1.82) is 0 Å². The van der Waals surface area contributed by atoms with Crippen LogP contribution < -0.4 is 11.1 Å². The molecule has 0 radical (unpaired) electrons. The maximum Gasteiger partial charge on any atom is 0.225 e. The Morgan fingerprint density at radius 3 is 2.76 bits per heavy atom. The fraction of sp³-hybridized carbons (Fsp3) is 0.500. The standard InChI is InChI=1S/C16H23N3O2/c1-12(20)18-15-5-2-4-13(10-15)11-19(9-3-8-17)16(21)14-6-7-14/h2,4-5,10,14H,3,6-9,11,17H2,1H3,(H,18,20). The molecular formula is C16H23N3O2. The van der Waals surface area contributed by atoms with Crippen LogP contribution >= 0.6 is 0 Å². The maximum atomic E-state index is 12.3. The van der Waals surface area contributed by atoms with E-state index < -0.39 is 0 Å². The van der Waals surface area contributed by atoms with Gasteiger partial charge in [0, 0.05) is 31.6 Å². The predicted octanol–water partition coefficient (Wildman–Crippen LogP) is 1.73. The van der Waals surface area contributed by atoms with Gasteiger partial charge < -0.3 is 16.0 Å². The summed E-state index contributed by atoms with van der Waals surface area (Å²) in [7, 11) is 0. The monoisotopic (exact) mass is 289 g/mol. The number of hydrogen-bond acceptors (Lipinski definition) is 3. The molecule has 0 unspecified atom stereocenters. The second kappa shape index (κ2) is 7.22. The first kappa shape index (κ1) is 15.5. The molecule has 1 aromatic rings. The largest absolute Gasteiger partial charge is 0.338 e. The van der Waals surface area contributed by atoms with Gasteiger partial charge in [-0.05, 0) is 43.5 Å². The first-order valence-corrected chi connectivity index (χ1v) is 7.45. The number of benzene rings is 1. The SMILES string of the molecule is CC(=O)Nc1cccc(CN(CCCN)C(=O)C2CC2)c1. The third kappa shape index (κ3) is 4.86. The average molecular weight is 289 g/mol. The van der Waals surface area contributed by atoms with Crippen LogP contribution in [0.1, 0.15) is 31.7 Å². The fourth-order valence-electron chi connectivity index (χ4n) is 2.31. The molecule has 0 aromatic heterocycles. The van der Waals surface area contributed by atoms with Crippen molar-refractivity contribution in [2.45, 2.75) is 32.7 Å². The van der Waals surface area contributed by atoms with Gasteiger partial charge in [0.2, 0.25) is 11.8 Å². The van der Waals surface area contributed by atoms with E-state index in [1.807, 2.05) is 29.2 Å². The summed E-state index contributed by atoms with van der Waals surface area (Å²) in [5.41, 5.74) is 7.34. The van der Waals surface area contributed by atoms with Gasteiger partial charge in [0.05, 0.1) is 0 Å². The fourth-order valence-corrected chi connectivity index (χ4v) is 2.31. The number of nitrogens with two attached hydrogens (primary N) is 1. The summed E-state index contributed by atoms with van der Waals surface area (Å²) in [6.45, 7) is 3.33. The summed E-state index contributed by atoms with van der Waals surface area (Å²) in [6, 6.07) is 7.62. The number of nitrogens with one attached hydrogen (secondary N) is 1. The van der Waals surface area contributed by atoms with Crippen molar-refractivity contribution >= 4 is 17.5 Å². The lowest BCUT2D eigenvalue weighted by molar-refractivity contribution is -0.133. The molecule has 1 aliphatic rings. The molecule has 0 bridgehead atoms.